The third-order valence-electron chi connectivity index (χ3n) is 3.21. The van der Waals surface area contributed by atoms with Crippen LogP contribution in [0.15, 0.2) is 23.3 Å². The van der Waals surface area contributed by atoms with Gasteiger partial charge in [0, 0.05) is 17.2 Å². The first kappa shape index (κ1) is 13.3. The predicted octanol–water partition coefficient (Wildman–Crippen LogP) is 0.957. The molecule has 1 aromatic heterocycles. The third-order valence-corrected chi connectivity index (χ3v) is 3.21. The van der Waals surface area contributed by atoms with Gasteiger partial charge in [-0.15, -0.1) is 0 Å². The van der Waals surface area contributed by atoms with Gasteiger partial charge in [0.2, 0.25) is 11.8 Å². The van der Waals surface area contributed by atoms with Crippen molar-refractivity contribution in [3.8, 4) is 0 Å². The summed E-state index contributed by atoms with van der Waals surface area (Å²) in [6, 6.07) is 0. The molecule has 4 nitrogen and oxygen atoms in total. The van der Waals surface area contributed by atoms with Crippen molar-refractivity contribution in [2.45, 2.75) is 32.6 Å². The fraction of sp³-hybridized carbons (Fsp3) is 0.333. The van der Waals surface area contributed by atoms with E-state index in [4.69, 9.17) is 4.42 Å². The minimum atomic E-state index is -0.333. The second-order valence-electron chi connectivity index (χ2n) is 4.84. The van der Waals surface area contributed by atoms with Gasteiger partial charge in [-0.05, 0) is 25.8 Å². The molecular weight excluding hydrogens is 242 g/mol. The first-order valence-corrected chi connectivity index (χ1v) is 6.26. The first-order chi connectivity index (χ1) is 9.04. The highest BCUT2D eigenvalue weighted by Gasteiger charge is 2.29. The first-order valence-electron chi connectivity index (χ1n) is 6.26. The minimum absolute atomic E-state index is 0.211. The van der Waals surface area contributed by atoms with E-state index in [1.807, 2.05) is 19.9 Å². The van der Waals surface area contributed by atoms with Crippen LogP contribution in [0.25, 0.3) is 11.6 Å². The van der Waals surface area contributed by atoms with Crippen LogP contribution in [-0.4, -0.2) is 11.8 Å². The maximum Gasteiger partial charge on any atom is 0.234 e. The molecule has 1 aliphatic rings. The van der Waals surface area contributed by atoms with E-state index in [-0.39, 0.29) is 17.7 Å². The highest BCUT2D eigenvalue weighted by Crippen LogP contribution is 2.21. The molecule has 0 spiro atoms. The Morgan fingerprint density at radius 1 is 1.47 bits per heavy atom. The SMILES string of the molecule is C=C/C=c1/c(C2CCC(=O)NC2=O)coc1=C(C)C. The lowest BCUT2D eigenvalue weighted by Crippen LogP contribution is -2.41. The average molecular weight is 259 g/mol. The number of imide groups is 1. The molecule has 0 aromatic carbocycles. The molecule has 2 amide bonds. The molecule has 2 rings (SSSR count). The van der Waals surface area contributed by atoms with E-state index in [9.17, 15) is 9.59 Å². The number of amides is 2. The summed E-state index contributed by atoms with van der Waals surface area (Å²) < 4.78 is 5.56. The maximum absolute atomic E-state index is 11.9. The molecule has 1 saturated heterocycles. The van der Waals surface area contributed by atoms with Crippen LogP contribution in [0, 0.1) is 0 Å². The van der Waals surface area contributed by atoms with E-state index >= 15 is 0 Å². The fourth-order valence-corrected chi connectivity index (χ4v) is 2.32. The van der Waals surface area contributed by atoms with E-state index in [0.29, 0.717) is 12.8 Å². The van der Waals surface area contributed by atoms with Crippen LogP contribution in [0.4, 0.5) is 0 Å². The molecule has 0 saturated carbocycles. The van der Waals surface area contributed by atoms with Gasteiger partial charge in [0.1, 0.15) is 5.42 Å². The van der Waals surface area contributed by atoms with Gasteiger partial charge in [-0.2, -0.15) is 0 Å². The molecule has 1 atom stereocenters. The van der Waals surface area contributed by atoms with Crippen LogP contribution in [0.1, 0.15) is 38.2 Å². The summed E-state index contributed by atoms with van der Waals surface area (Å²) in [5.74, 6) is -0.797. The third kappa shape index (κ3) is 2.52. The van der Waals surface area contributed by atoms with E-state index in [1.54, 1.807) is 12.3 Å². The molecule has 100 valence electrons. The molecule has 1 unspecified atom stereocenters. The Hall–Kier alpha value is -2.10. The van der Waals surface area contributed by atoms with Gasteiger partial charge in [0.25, 0.3) is 0 Å². The van der Waals surface area contributed by atoms with Crippen molar-refractivity contribution in [3.63, 3.8) is 0 Å². The smallest absolute Gasteiger partial charge is 0.234 e. The lowest BCUT2D eigenvalue weighted by molar-refractivity contribution is -0.134. The van der Waals surface area contributed by atoms with Crippen LogP contribution in [0.2, 0.25) is 0 Å². The molecule has 1 fully saturated rings. The number of carbonyl (C=O) groups is 2. The molecule has 1 aromatic rings. The number of carbonyl (C=O) groups excluding carboxylic acids is 2. The van der Waals surface area contributed by atoms with Gasteiger partial charge in [-0.3, -0.25) is 14.9 Å². The van der Waals surface area contributed by atoms with Crippen molar-refractivity contribution < 1.29 is 14.0 Å². The van der Waals surface area contributed by atoms with Crippen molar-refractivity contribution in [2.24, 2.45) is 0 Å². The number of hydrogen-bond acceptors (Lipinski definition) is 3. The average Bonchev–Trinajstić information content (AvgIpc) is 2.73. The zero-order valence-corrected chi connectivity index (χ0v) is 11.2. The van der Waals surface area contributed by atoms with E-state index in [0.717, 1.165) is 21.8 Å². The molecule has 1 N–H and O–H groups in total. The normalized spacial score (nSPS) is 20.3. The number of rotatable bonds is 2. The maximum atomic E-state index is 11.9. The quantitative estimate of drug-likeness (QED) is 0.805. The van der Waals surface area contributed by atoms with E-state index in [1.165, 1.54) is 0 Å². The molecule has 19 heavy (non-hydrogen) atoms. The van der Waals surface area contributed by atoms with Crippen LogP contribution in [0.5, 0.6) is 0 Å². The molecule has 4 heteroatoms. The highest BCUT2D eigenvalue weighted by atomic mass is 16.3. The summed E-state index contributed by atoms with van der Waals surface area (Å²) in [5, 5.41) is 3.25. The second-order valence-corrected chi connectivity index (χ2v) is 4.84. The Morgan fingerprint density at radius 3 is 2.79 bits per heavy atom. The number of furan rings is 1. The van der Waals surface area contributed by atoms with Crippen molar-refractivity contribution in [1.82, 2.24) is 5.32 Å². The Labute approximate surface area is 111 Å². The zero-order valence-electron chi connectivity index (χ0n) is 11.2. The van der Waals surface area contributed by atoms with Crippen LogP contribution < -0.4 is 16.0 Å². The van der Waals surface area contributed by atoms with Crippen molar-refractivity contribution in [3.05, 3.63) is 35.1 Å². The van der Waals surface area contributed by atoms with Gasteiger partial charge < -0.3 is 4.42 Å². The zero-order chi connectivity index (χ0) is 14.0. The van der Waals surface area contributed by atoms with Crippen LogP contribution in [0.3, 0.4) is 0 Å². The van der Waals surface area contributed by atoms with E-state index < -0.39 is 0 Å². The predicted molar refractivity (Wildman–Crippen MR) is 72.5 cm³/mol. The lowest BCUT2D eigenvalue weighted by atomic mass is 9.91. The van der Waals surface area contributed by atoms with Gasteiger partial charge in [0.05, 0.1) is 12.2 Å². The van der Waals surface area contributed by atoms with Gasteiger partial charge >= 0.3 is 0 Å². The number of piperidine rings is 1. The summed E-state index contributed by atoms with van der Waals surface area (Å²) in [6.07, 6.45) is 6.00. The van der Waals surface area contributed by atoms with Crippen LogP contribution in [-0.2, 0) is 9.59 Å². The van der Waals surface area contributed by atoms with Gasteiger partial charge in [-0.25, -0.2) is 0 Å². The summed E-state index contributed by atoms with van der Waals surface area (Å²) in [4.78, 5) is 23.1. The molecule has 0 aliphatic carbocycles. The monoisotopic (exact) mass is 259 g/mol. The summed E-state index contributed by atoms with van der Waals surface area (Å²) in [7, 11) is 0. The van der Waals surface area contributed by atoms with Crippen LogP contribution >= 0.6 is 0 Å². The second kappa shape index (κ2) is 5.26. The van der Waals surface area contributed by atoms with Crippen molar-refractivity contribution in [1.29, 1.82) is 0 Å². The molecule has 1 aliphatic heterocycles. The summed E-state index contributed by atoms with van der Waals surface area (Å²) in [5.41, 5.74) is 2.62. The number of nitrogens with one attached hydrogen (secondary N) is 1. The largest absolute Gasteiger partial charge is 0.464 e. The lowest BCUT2D eigenvalue weighted by Gasteiger charge is -2.19. The van der Waals surface area contributed by atoms with Crippen molar-refractivity contribution >= 4 is 23.5 Å². The Morgan fingerprint density at radius 2 is 2.21 bits per heavy atom. The Bertz CT molecular complexity index is 647. The molecular formula is C15H17NO3. The molecule has 0 bridgehead atoms. The topological polar surface area (TPSA) is 59.3 Å². The Balaban J connectivity index is 2.56. The fourth-order valence-electron chi connectivity index (χ4n) is 2.32. The summed E-state index contributed by atoms with van der Waals surface area (Å²) in [6.45, 7) is 7.60. The molecule has 2 heterocycles. The molecule has 0 radical (unpaired) electrons. The highest BCUT2D eigenvalue weighted by molar-refractivity contribution is 6.00. The minimum Gasteiger partial charge on any atom is -0.464 e. The summed E-state index contributed by atoms with van der Waals surface area (Å²) >= 11 is 0. The van der Waals surface area contributed by atoms with Gasteiger partial charge in [0.15, 0.2) is 0 Å². The number of allylic oxidation sites excluding steroid dienone is 1. The number of hydrogen-bond donors (Lipinski definition) is 1. The van der Waals surface area contributed by atoms with Crippen molar-refractivity contribution in [2.75, 3.05) is 0 Å². The Kier molecular flexibility index (Phi) is 3.69. The standard InChI is InChI=1S/C15H17NO3/c1-4-5-10-12(8-19-14(10)9(2)3)11-6-7-13(17)16-15(11)18/h4-5,8,11H,1,6-7H2,2-3H3,(H,16,17,18)/b10-5-. The van der Waals surface area contributed by atoms with E-state index in [2.05, 4.69) is 11.9 Å². The van der Waals surface area contributed by atoms with Gasteiger partial charge in [-0.1, -0.05) is 18.7 Å².